The molecule has 0 aliphatic heterocycles. The zero-order valence-electron chi connectivity index (χ0n) is 11.3. The van der Waals surface area contributed by atoms with E-state index in [1.54, 1.807) is 6.20 Å². The first-order valence-corrected chi connectivity index (χ1v) is 6.94. The topological polar surface area (TPSA) is 37.8 Å². The Kier molecular flexibility index (Phi) is 3.56. The van der Waals surface area contributed by atoms with Crippen molar-refractivity contribution in [3.63, 3.8) is 0 Å². The van der Waals surface area contributed by atoms with E-state index in [9.17, 15) is 0 Å². The molecule has 1 atom stereocenters. The van der Waals surface area contributed by atoms with Gasteiger partial charge in [-0.15, -0.1) is 0 Å². The normalized spacial score (nSPS) is 15.2. The lowest BCUT2D eigenvalue weighted by Crippen LogP contribution is -2.19. The van der Waals surface area contributed by atoms with Gasteiger partial charge in [0.1, 0.15) is 0 Å². The Morgan fingerprint density at radius 2 is 2.11 bits per heavy atom. The minimum absolute atomic E-state index is 0.341. The standard InChI is InChI=1S/C16H19N3/c1-12(17-11-16-6-3-9-18-19-16)14-8-7-13-4-2-5-15(13)10-14/h3,6-10,12,17H,2,4-5,11H2,1H3. The van der Waals surface area contributed by atoms with Crippen LogP contribution < -0.4 is 5.32 Å². The highest BCUT2D eigenvalue weighted by Crippen LogP contribution is 2.25. The van der Waals surface area contributed by atoms with Crippen molar-refractivity contribution in [1.82, 2.24) is 15.5 Å². The van der Waals surface area contributed by atoms with Gasteiger partial charge in [0.25, 0.3) is 0 Å². The van der Waals surface area contributed by atoms with E-state index in [1.807, 2.05) is 12.1 Å². The van der Waals surface area contributed by atoms with Crippen molar-refractivity contribution >= 4 is 0 Å². The third-order valence-electron chi connectivity index (χ3n) is 3.84. The van der Waals surface area contributed by atoms with Gasteiger partial charge in [-0.1, -0.05) is 18.2 Å². The van der Waals surface area contributed by atoms with Gasteiger partial charge in [-0.2, -0.15) is 10.2 Å². The number of nitrogens with one attached hydrogen (secondary N) is 1. The molecular weight excluding hydrogens is 234 g/mol. The maximum Gasteiger partial charge on any atom is 0.0769 e. The fourth-order valence-corrected chi connectivity index (χ4v) is 2.66. The summed E-state index contributed by atoms with van der Waals surface area (Å²) in [7, 11) is 0. The summed E-state index contributed by atoms with van der Waals surface area (Å²) in [6, 6.07) is 11.2. The van der Waals surface area contributed by atoms with Crippen LogP contribution in [0.3, 0.4) is 0 Å². The van der Waals surface area contributed by atoms with Crippen LogP contribution in [0.1, 0.15) is 41.8 Å². The molecule has 0 saturated heterocycles. The van der Waals surface area contributed by atoms with Gasteiger partial charge in [0.2, 0.25) is 0 Å². The molecule has 1 unspecified atom stereocenters. The Balaban J connectivity index is 1.65. The van der Waals surface area contributed by atoms with Crippen LogP contribution in [0.25, 0.3) is 0 Å². The van der Waals surface area contributed by atoms with Gasteiger partial charge < -0.3 is 5.32 Å². The SMILES string of the molecule is CC(NCc1cccnn1)c1ccc2c(c1)CCC2. The van der Waals surface area contributed by atoms with Crippen molar-refractivity contribution in [3.8, 4) is 0 Å². The molecule has 0 saturated carbocycles. The van der Waals surface area contributed by atoms with Crippen molar-refractivity contribution in [2.75, 3.05) is 0 Å². The third kappa shape index (κ3) is 2.82. The van der Waals surface area contributed by atoms with Gasteiger partial charge in [0, 0.05) is 18.8 Å². The lowest BCUT2D eigenvalue weighted by atomic mass is 10.0. The summed E-state index contributed by atoms with van der Waals surface area (Å²) in [6.45, 7) is 2.96. The van der Waals surface area contributed by atoms with Crippen LogP contribution in [0, 0.1) is 0 Å². The predicted molar refractivity (Wildman–Crippen MR) is 75.8 cm³/mol. The number of aryl methyl sites for hydroxylation is 2. The number of fused-ring (bicyclic) bond motifs is 1. The monoisotopic (exact) mass is 253 g/mol. The fourth-order valence-electron chi connectivity index (χ4n) is 2.66. The Morgan fingerprint density at radius 1 is 1.21 bits per heavy atom. The average Bonchev–Trinajstić information content (AvgIpc) is 2.93. The maximum atomic E-state index is 4.09. The van der Waals surface area contributed by atoms with E-state index in [0.717, 1.165) is 12.2 Å². The predicted octanol–water partition coefficient (Wildman–Crippen LogP) is 2.82. The van der Waals surface area contributed by atoms with E-state index in [1.165, 1.54) is 36.0 Å². The molecule has 19 heavy (non-hydrogen) atoms. The lowest BCUT2D eigenvalue weighted by Gasteiger charge is -2.15. The molecule has 3 heteroatoms. The minimum Gasteiger partial charge on any atom is -0.304 e. The molecule has 1 aromatic heterocycles. The maximum absolute atomic E-state index is 4.09. The molecule has 1 heterocycles. The molecule has 0 bridgehead atoms. The Labute approximate surface area is 114 Å². The summed E-state index contributed by atoms with van der Waals surface area (Å²) in [4.78, 5) is 0. The highest BCUT2D eigenvalue weighted by atomic mass is 15.1. The molecular formula is C16H19N3. The summed E-state index contributed by atoms with van der Waals surface area (Å²) in [6.07, 6.45) is 5.49. The van der Waals surface area contributed by atoms with Gasteiger partial charge in [0.15, 0.2) is 0 Å². The van der Waals surface area contributed by atoms with E-state index in [-0.39, 0.29) is 0 Å². The zero-order valence-corrected chi connectivity index (χ0v) is 11.3. The molecule has 2 aromatic rings. The van der Waals surface area contributed by atoms with Gasteiger partial charge in [-0.25, -0.2) is 0 Å². The van der Waals surface area contributed by atoms with Crippen LogP contribution in [0.5, 0.6) is 0 Å². The van der Waals surface area contributed by atoms with Crippen LogP contribution in [0.15, 0.2) is 36.5 Å². The largest absolute Gasteiger partial charge is 0.304 e. The second kappa shape index (κ2) is 5.49. The van der Waals surface area contributed by atoms with Crippen molar-refractivity contribution < 1.29 is 0 Å². The number of benzene rings is 1. The molecule has 0 fully saturated rings. The number of aromatic nitrogens is 2. The Hall–Kier alpha value is -1.74. The van der Waals surface area contributed by atoms with E-state index in [0.29, 0.717) is 6.04 Å². The molecule has 0 radical (unpaired) electrons. The smallest absolute Gasteiger partial charge is 0.0769 e. The van der Waals surface area contributed by atoms with Crippen molar-refractivity contribution in [3.05, 3.63) is 58.9 Å². The van der Waals surface area contributed by atoms with Gasteiger partial charge >= 0.3 is 0 Å². The molecule has 0 amide bonds. The van der Waals surface area contributed by atoms with Crippen LogP contribution in [-0.4, -0.2) is 10.2 Å². The summed E-state index contributed by atoms with van der Waals surface area (Å²) < 4.78 is 0. The second-order valence-electron chi connectivity index (χ2n) is 5.20. The van der Waals surface area contributed by atoms with Crippen molar-refractivity contribution in [2.45, 2.75) is 38.8 Å². The molecule has 3 rings (SSSR count). The molecule has 1 aliphatic carbocycles. The second-order valence-corrected chi connectivity index (χ2v) is 5.20. The Bertz CT molecular complexity index is 551. The van der Waals surface area contributed by atoms with Crippen LogP contribution in [0.4, 0.5) is 0 Å². The number of nitrogens with zero attached hydrogens (tertiary/aromatic N) is 2. The van der Waals surface area contributed by atoms with E-state index < -0.39 is 0 Å². The van der Waals surface area contributed by atoms with Crippen molar-refractivity contribution in [2.24, 2.45) is 0 Å². The Morgan fingerprint density at radius 3 is 2.95 bits per heavy atom. The summed E-state index contributed by atoms with van der Waals surface area (Å²) >= 11 is 0. The lowest BCUT2D eigenvalue weighted by molar-refractivity contribution is 0.563. The van der Waals surface area contributed by atoms with E-state index in [2.05, 4.69) is 40.6 Å². The zero-order chi connectivity index (χ0) is 13.1. The molecule has 1 N–H and O–H groups in total. The molecule has 0 spiro atoms. The van der Waals surface area contributed by atoms with Crippen LogP contribution in [0.2, 0.25) is 0 Å². The average molecular weight is 253 g/mol. The van der Waals surface area contributed by atoms with Crippen LogP contribution in [-0.2, 0) is 19.4 Å². The highest BCUT2D eigenvalue weighted by Gasteiger charge is 2.13. The van der Waals surface area contributed by atoms with Gasteiger partial charge in [-0.05, 0) is 55.0 Å². The summed E-state index contributed by atoms with van der Waals surface area (Å²) in [5.41, 5.74) is 5.41. The quantitative estimate of drug-likeness (QED) is 0.910. The third-order valence-corrected chi connectivity index (χ3v) is 3.84. The molecule has 1 aromatic carbocycles. The van der Waals surface area contributed by atoms with E-state index >= 15 is 0 Å². The molecule has 1 aliphatic rings. The molecule has 98 valence electrons. The van der Waals surface area contributed by atoms with Gasteiger partial charge in [-0.3, -0.25) is 0 Å². The van der Waals surface area contributed by atoms with E-state index in [4.69, 9.17) is 0 Å². The van der Waals surface area contributed by atoms with Crippen molar-refractivity contribution in [1.29, 1.82) is 0 Å². The first-order chi connectivity index (χ1) is 9.33. The molecule has 3 nitrogen and oxygen atoms in total. The fraction of sp³-hybridized carbons (Fsp3) is 0.375. The first-order valence-electron chi connectivity index (χ1n) is 6.94. The highest BCUT2D eigenvalue weighted by molar-refractivity contribution is 5.36. The minimum atomic E-state index is 0.341. The number of hydrogen-bond acceptors (Lipinski definition) is 3. The first kappa shape index (κ1) is 12.3. The van der Waals surface area contributed by atoms with Gasteiger partial charge in [0.05, 0.1) is 5.69 Å². The van der Waals surface area contributed by atoms with Crippen LogP contribution >= 0.6 is 0 Å². The summed E-state index contributed by atoms with van der Waals surface area (Å²) in [5, 5.41) is 11.5. The summed E-state index contributed by atoms with van der Waals surface area (Å²) in [5.74, 6) is 0. The number of rotatable bonds is 4. The number of hydrogen-bond donors (Lipinski definition) is 1.